The van der Waals surface area contributed by atoms with E-state index in [9.17, 15) is 9.90 Å². The van der Waals surface area contributed by atoms with Crippen molar-refractivity contribution in [1.82, 2.24) is 4.90 Å². The maximum atomic E-state index is 10.8. The van der Waals surface area contributed by atoms with Gasteiger partial charge in [0.25, 0.3) is 0 Å². The molecule has 2 N–H and O–H groups in total. The Labute approximate surface area is 90.9 Å². The Kier molecular flexibility index (Phi) is 4.11. The Hall–Kier alpha value is -0.610. The van der Waals surface area contributed by atoms with E-state index < -0.39 is 11.6 Å². The van der Waals surface area contributed by atoms with Crippen molar-refractivity contribution in [2.45, 2.75) is 38.7 Å². The number of aliphatic hydroxyl groups is 1. The average molecular weight is 215 g/mol. The predicted octanol–water partition coefficient (Wildman–Crippen LogP) is 0.944. The number of rotatable bonds is 5. The summed E-state index contributed by atoms with van der Waals surface area (Å²) in [4.78, 5) is 12.8. The first kappa shape index (κ1) is 12.5. The number of nitrogens with zero attached hydrogens (tertiary/aromatic N) is 1. The lowest BCUT2D eigenvalue weighted by molar-refractivity contribution is -0.141. The van der Waals surface area contributed by atoms with Crippen LogP contribution in [-0.4, -0.2) is 46.3 Å². The number of hydrogen-bond donors (Lipinski definition) is 2. The van der Waals surface area contributed by atoms with E-state index in [1.165, 1.54) is 0 Å². The zero-order chi connectivity index (χ0) is 11.5. The van der Waals surface area contributed by atoms with Crippen LogP contribution >= 0.6 is 0 Å². The van der Waals surface area contributed by atoms with Gasteiger partial charge in [-0.15, -0.1) is 0 Å². The van der Waals surface area contributed by atoms with Crippen LogP contribution in [0.15, 0.2) is 0 Å². The van der Waals surface area contributed by atoms with Gasteiger partial charge in [-0.05, 0) is 25.8 Å². The van der Waals surface area contributed by atoms with Crippen molar-refractivity contribution in [3.8, 4) is 0 Å². The highest BCUT2D eigenvalue weighted by molar-refractivity contribution is 5.70. The van der Waals surface area contributed by atoms with Gasteiger partial charge in [0.2, 0.25) is 0 Å². The van der Waals surface area contributed by atoms with Gasteiger partial charge in [0.05, 0.1) is 11.5 Å². The molecule has 4 heteroatoms. The fraction of sp³-hybridized carbons (Fsp3) is 0.909. The molecule has 0 aromatic carbocycles. The van der Waals surface area contributed by atoms with Crippen LogP contribution in [0.25, 0.3) is 0 Å². The van der Waals surface area contributed by atoms with Crippen molar-refractivity contribution in [3.63, 3.8) is 0 Å². The second-order valence-electron chi connectivity index (χ2n) is 4.49. The third kappa shape index (κ3) is 3.18. The molecule has 0 aromatic rings. The number of likely N-dealkylation sites (tertiary alicyclic amines) is 1. The fourth-order valence-electron chi connectivity index (χ4n) is 2.07. The van der Waals surface area contributed by atoms with Gasteiger partial charge in [0.1, 0.15) is 0 Å². The molecular formula is C11H21NO3. The predicted molar refractivity (Wildman–Crippen MR) is 57.7 cm³/mol. The van der Waals surface area contributed by atoms with E-state index in [0.29, 0.717) is 19.5 Å². The molecule has 0 aliphatic carbocycles. The topological polar surface area (TPSA) is 60.8 Å². The van der Waals surface area contributed by atoms with E-state index >= 15 is 0 Å². The summed E-state index contributed by atoms with van der Waals surface area (Å²) in [6, 6.07) is 0. The summed E-state index contributed by atoms with van der Waals surface area (Å²) in [6.07, 6.45) is 2.15. The van der Waals surface area contributed by atoms with Crippen LogP contribution in [0.4, 0.5) is 0 Å². The zero-order valence-electron chi connectivity index (χ0n) is 9.57. The first-order valence-electron chi connectivity index (χ1n) is 5.68. The molecule has 4 nitrogen and oxygen atoms in total. The van der Waals surface area contributed by atoms with Crippen LogP contribution in [0.3, 0.4) is 0 Å². The van der Waals surface area contributed by atoms with E-state index in [2.05, 4.69) is 4.90 Å². The van der Waals surface area contributed by atoms with Gasteiger partial charge < -0.3 is 10.2 Å². The van der Waals surface area contributed by atoms with Gasteiger partial charge in [-0.2, -0.15) is 0 Å². The molecule has 1 atom stereocenters. The minimum atomic E-state index is -0.714. The standard InChI is InChI=1S/C11H21NO3/c1-3-11(15,4-2)8-12-6-5-9(7-12)10(13)14/h9,15H,3-8H2,1-2H3,(H,13,14). The second-order valence-corrected chi connectivity index (χ2v) is 4.49. The first-order valence-corrected chi connectivity index (χ1v) is 5.68. The highest BCUT2D eigenvalue weighted by Gasteiger charge is 2.32. The molecule has 0 saturated carbocycles. The summed E-state index contributed by atoms with van der Waals surface area (Å²) in [5.74, 6) is -0.961. The Balaban J connectivity index is 2.44. The molecule has 1 aliphatic heterocycles. The van der Waals surface area contributed by atoms with Gasteiger partial charge in [-0.1, -0.05) is 13.8 Å². The molecule has 0 aromatic heterocycles. The minimum absolute atomic E-state index is 0.247. The van der Waals surface area contributed by atoms with Gasteiger partial charge in [-0.3, -0.25) is 9.69 Å². The molecule has 88 valence electrons. The number of carboxylic acid groups (broad SMARTS) is 1. The lowest BCUT2D eigenvalue weighted by atomic mass is 9.97. The van der Waals surface area contributed by atoms with Crippen molar-refractivity contribution in [2.24, 2.45) is 5.92 Å². The van der Waals surface area contributed by atoms with Crippen LogP contribution in [0.1, 0.15) is 33.1 Å². The normalized spacial score (nSPS) is 23.3. The molecule has 0 radical (unpaired) electrons. The second kappa shape index (κ2) is 4.94. The summed E-state index contributed by atoms with van der Waals surface area (Å²) < 4.78 is 0. The number of β-amino-alcohol motifs (C(OH)–C–C–N with tert-alkyl or cyclic N) is 1. The largest absolute Gasteiger partial charge is 0.481 e. The van der Waals surface area contributed by atoms with E-state index in [1.54, 1.807) is 0 Å². The van der Waals surface area contributed by atoms with E-state index in [1.807, 2.05) is 13.8 Å². The number of hydrogen-bond acceptors (Lipinski definition) is 3. The molecule has 1 fully saturated rings. The third-order valence-corrected chi connectivity index (χ3v) is 3.46. The van der Waals surface area contributed by atoms with E-state index in [4.69, 9.17) is 5.11 Å². The van der Waals surface area contributed by atoms with Gasteiger partial charge in [-0.25, -0.2) is 0 Å². The summed E-state index contributed by atoms with van der Waals surface area (Å²) >= 11 is 0. The summed E-state index contributed by atoms with van der Waals surface area (Å²) in [6.45, 7) is 5.91. The molecule has 0 bridgehead atoms. The Bertz CT molecular complexity index is 226. The van der Waals surface area contributed by atoms with Gasteiger partial charge in [0.15, 0.2) is 0 Å². The van der Waals surface area contributed by atoms with Crippen LogP contribution in [0, 0.1) is 5.92 Å². The van der Waals surface area contributed by atoms with Crippen molar-refractivity contribution in [2.75, 3.05) is 19.6 Å². The number of carboxylic acids is 1. The van der Waals surface area contributed by atoms with E-state index in [0.717, 1.165) is 19.4 Å². The molecule has 15 heavy (non-hydrogen) atoms. The lowest BCUT2D eigenvalue weighted by Gasteiger charge is -2.30. The quantitative estimate of drug-likeness (QED) is 0.716. The maximum absolute atomic E-state index is 10.8. The SMILES string of the molecule is CCC(O)(CC)CN1CCC(C(=O)O)C1. The van der Waals surface area contributed by atoms with Crippen molar-refractivity contribution >= 4 is 5.97 Å². The van der Waals surface area contributed by atoms with Crippen molar-refractivity contribution < 1.29 is 15.0 Å². The van der Waals surface area contributed by atoms with Gasteiger partial charge >= 0.3 is 5.97 Å². The van der Waals surface area contributed by atoms with Crippen molar-refractivity contribution in [3.05, 3.63) is 0 Å². The van der Waals surface area contributed by atoms with Crippen LogP contribution in [0.5, 0.6) is 0 Å². The Morgan fingerprint density at radius 2 is 2.07 bits per heavy atom. The molecule has 0 amide bonds. The maximum Gasteiger partial charge on any atom is 0.307 e. The Morgan fingerprint density at radius 1 is 1.47 bits per heavy atom. The monoisotopic (exact) mass is 215 g/mol. The highest BCUT2D eigenvalue weighted by atomic mass is 16.4. The molecule has 1 aliphatic rings. The van der Waals surface area contributed by atoms with E-state index in [-0.39, 0.29) is 5.92 Å². The molecule has 0 spiro atoms. The van der Waals surface area contributed by atoms with Gasteiger partial charge in [0, 0.05) is 13.1 Å². The Morgan fingerprint density at radius 3 is 2.47 bits per heavy atom. The third-order valence-electron chi connectivity index (χ3n) is 3.46. The molecule has 1 saturated heterocycles. The smallest absolute Gasteiger partial charge is 0.307 e. The number of aliphatic carboxylic acids is 1. The minimum Gasteiger partial charge on any atom is -0.481 e. The molecular weight excluding hydrogens is 194 g/mol. The van der Waals surface area contributed by atoms with Crippen LogP contribution in [-0.2, 0) is 4.79 Å². The van der Waals surface area contributed by atoms with Crippen LogP contribution in [0.2, 0.25) is 0 Å². The average Bonchev–Trinajstić information content (AvgIpc) is 2.66. The fourth-order valence-corrected chi connectivity index (χ4v) is 2.07. The summed E-state index contributed by atoms with van der Waals surface area (Å²) in [7, 11) is 0. The van der Waals surface area contributed by atoms with Crippen LogP contribution < -0.4 is 0 Å². The zero-order valence-corrected chi connectivity index (χ0v) is 9.57. The number of carbonyl (C=O) groups is 1. The lowest BCUT2D eigenvalue weighted by Crippen LogP contribution is -2.41. The summed E-state index contributed by atoms with van der Waals surface area (Å²) in [5.41, 5.74) is -0.645. The molecule has 1 unspecified atom stereocenters. The highest BCUT2D eigenvalue weighted by Crippen LogP contribution is 2.22. The summed E-state index contributed by atoms with van der Waals surface area (Å²) in [5, 5.41) is 19.0. The first-order chi connectivity index (χ1) is 7.00. The molecule has 1 heterocycles. The molecule has 1 rings (SSSR count). The van der Waals surface area contributed by atoms with Crippen molar-refractivity contribution in [1.29, 1.82) is 0 Å².